The summed E-state index contributed by atoms with van der Waals surface area (Å²) in [6.07, 6.45) is 10.5. The molecule has 0 saturated carbocycles. The van der Waals surface area contributed by atoms with Crippen LogP contribution in [0.15, 0.2) is 36.1 Å². The van der Waals surface area contributed by atoms with Gasteiger partial charge in [0.25, 0.3) is 6.26 Å². The summed E-state index contributed by atoms with van der Waals surface area (Å²) in [5.74, 6) is 0.549. The number of nitriles is 1. The van der Waals surface area contributed by atoms with Crippen molar-refractivity contribution in [3.05, 3.63) is 36.1 Å². The Morgan fingerprint density at radius 2 is 1.85 bits per heavy atom. The molecule has 0 aliphatic heterocycles. The van der Waals surface area contributed by atoms with Crippen molar-refractivity contribution < 1.29 is 4.74 Å². The Bertz CT molecular complexity index is 219. The Balaban J connectivity index is 0. The Hall–Kier alpha value is -1.49. The first-order valence-electron chi connectivity index (χ1n) is 4.36. The number of rotatable bonds is 3. The average Bonchev–Trinajstić information content (AvgIpc) is 2.18. The summed E-state index contributed by atoms with van der Waals surface area (Å²) < 4.78 is 4.61. The highest BCUT2D eigenvalue weighted by molar-refractivity contribution is 5.18. The second kappa shape index (κ2) is 13.1. The average molecular weight is 179 g/mol. The fourth-order valence-corrected chi connectivity index (χ4v) is 0.532. The van der Waals surface area contributed by atoms with E-state index in [9.17, 15) is 0 Å². The fraction of sp³-hybridized carbons (Fsp3) is 0.364. The van der Waals surface area contributed by atoms with Crippen LogP contribution in [-0.2, 0) is 4.74 Å². The summed E-state index contributed by atoms with van der Waals surface area (Å²) in [6.45, 7) is 7.76. The zero-order valence-corrected chi connectivity index (χ0v) is 8.74. The van der Waals surface area contributed by atoms with E-state index >= 15 is 0 Å². The van der Waals surface area contributed by atoms with Crippen LogP contribution in [0, 0.1) is 11.5 Å². The molecule has 0 rings (SSSR count). The van der Waals surface area contributed by atoms with Gasteiger partial charge in [-0.3, -0.25) is 0 Å². The Morgan fingerprint density at radius 1 is 1.23 bits per heavy atom. The summed E-state index contributed by atoms with van der Waals surface area (Å²) in [5, 5.41) is 8.19. The molecule has 0 aromatic rings. The smallest absolute Gasteiger partial charge is 0.292 e. The standard InChI is InChI=1S/C9H11NO.C2H6/c1-3-5-7-9(6-4-2)11-8-10;1-2/h3-7H,1-2H3;1-2H3/b5-3-,6-4-,9-7+;. The molecule has 0 N–H and O–H groups in total. The molecule has 0 heterocycles. The molecule has 72 valence electrons. The van der Waals surface area contributed by atoms with Gasteiger partial charge in [0.05, 0.1) is 0 Å². The second-order valence-electron chi connectivity index (χ2n) is 1.79. The van der Waals surface area contributed by atoms with Gasteiger partial charge in [0, 0.05) is 0 Å². The zero-order valence-electron chi connectivity index (χ0n) is 8.74. The molecule has 0 aliphatic carbocycles. The van der Waals surface area contributed by atoms with Crippen LogP contribution in [0.1, 0.15) is 27.7 Å². The molecule has 0 aromatic carbocycles. The first-order valence-corrected chi connectivity index (χ1v) is 4.36. The topological polar surface area (TPSA) is 33.0 Å². The normalized spacial score (nSPS) is 10.8. The van der Waals surface area contributed by atoms with Gasteiger partial charge in [-0.25, -0.2) is 0 Å². The van der Waals surface area contributed by atoms with Gasteiger partial charge in [-0.2, -0.15) is 0 Å². The van der Waals surface area contributed by atoms with E-state index in [0.717, 1.165) is 0 Å². The predicted molar refractivity (Wildman–Crippen MR) is 55.8 cm³/mol. The van der Waals surface area contributed by atoms with E-state index in [2.05, 4.69) is 4.74 Å². The summed E-state index contributed by atoms with van der Waals surface area (Å²) in [5.41, 5.74) is 0. The second-order valence-corrected chi connectivity index (χ2v) is 1.79. The third kappa shape index (κ3) is 10.5. The zero-order chi connectivity index (χ0) is 10.5. The van der Waals surface area contributed by atoms with Crippen LogP contribution < -0.4 is 0 Å². The molecule has 0 atom stereocenters. The van der Waals surface area contributed by atoms with Crippen molar-refractivity contribution in [2.45, 2.75) is 27.7 Å². The highest BCUT2D eigenvalue weighted by Crippen LogP contribution is 1.98. The van der Waals surface area contributed by atoms with E-state index in [1.54, 1.807) is 18.4 Å². The molecule has 2 heteroatoms. The molecular weight excluding hydrogens is 162 g/mol. The molecule has 0 radical (unpaired) electrons. The largest absolute Gasteiger partial charge is 0.388 e. The van der Waals surface area contributed by atoms with Crippen molar-refractivity contribution in [2.75, 3.05) is 0 Å². The van der Waals surface area contributed by atoms with Gasteiger partial charge in [0.15, 0.2) is 0 Å². The maximum absolute atomic E-state index is 8.19. The van der Waals surface area contributed by atoms with Crippen molar-refractivity contribution in [3.63, 3.8) is 0 Å². The Morgan fingerprint density at radius 3 is 2.23 bits per heavy atom. The number of hydrogen-bond acceptors (Lipinski definition) is 2. The van der Waals surface area contributed by atoms with Crippen molar-refractivity contribution >= 4 is 0 Å². The van der Waals surface area contributed by atoms with E-state index in [1.165, 1.54) is 0 Å². The minimum Gasteiger partial charge on any atom is -0.388 e. The first kappa shape index (κ1) is 14.1. The molecule has 0 fully saturated rings. The monoisotopic (exact) mass is 179 g/mol. The summed E-state index contributed by atoms with van der Waals surface area (Å²) in [7, 11) is 0. The minimum atomic E-state index is 0.549. The van der Waals surface area contributed by atoms with Crippen LogP contribution in [0.3, 0.4) is 0 Å². The van der Waals surface area contributed by atoms with E-state index in [1.807, 2.05) is 45.9 Å². The van der Waals surface area contributed by atoms with Crippen molar-refractivity contribution in [1.82, 2.24) is 0 Å². The van der Waals surface area contributed by atoms with Gasteiger partial charge in [-0.15, -0.1) is 5.26 Å². The predicted octanol–water partition coefficient (Wildman–Crippen LogP) is 3.55. The summed E-state index contributed by atoms with van der Waals surface area (Å²) in [4.78, 5) is 0. The summed E-state index contributed by atoms with van der Waals surface area (Å²) >= 11 is 0. The van der Waals surface area contributed by atoms with Gasteiger partial charge in [0.1, 0.15) is 5.76 Å². The molecule has 0 aromatic heterocycles. The number of ether oxygens (including phenoxy) is 1. The first-order chi connectivity index (χ1) is 6.35. The van der Waals surface area contributed by atoms with Gasteiger partial charge >= 0.3 is 0 Å². The Labute approximate surface area is 80.8 Å². The van der Waals surface area contributed by atoms with Gasteiger partial charge in [-0.05, 0) is 26.0 Å². The van der Waals surface area contributed by atoms with E-state index in [0.29, 0.717) is 5.76 Å². The van der Waals surface area contributed by atoms with Crippen molar-refractivity contribution in [3.8, 4) is 6.26 Å². The molecule has 0 amide bonds. The van der Waals surface area contributed by atoms with Crippen molar-refractivity contribution in [2.24, 2.45) is 0 Å². The van der Waals surface area contributed by atoms with Crippen LogP contribution in [0.4, 0.5) is 0 Å². The molecule has 13 heavy (non-hydrogen) atoms. The highest BCUT2D eigenvalue weighted by atomic mass is 16.5. The minimum absolute atomic E-state index is 0.549. The molecular formula is C11H17NO. The highest BCUT2D eigenvalue weighted by Gasteiger charge is 1.86. The maximum Gasteiger partial charge on any atom is 0.292 e. The van der Waals surface area contributed by atoms with Crippen LogP contribution in [0.5, 0.6) is 0 Å². The van der Waals surface area contributed by atoms with E-state index < -0.39 is 0 Å². The quantitative estimate of drug-likeness (QED) is 0.377. The van der Waals surface area contributed by atoms with Crippen LogP contribution in [0.25, 0.3) is 0 Å². The lowest BCUT2D eigenvalue weighted by Crippen LogP contribution is -1.78. The number of nitrogens with zero attached hydrogens (tertiary/aromatic N) is 1. The summed E-state index contributed by atoms with van der Waals surface area (Å²) in [6, 6.07) is 0. The van der Waals surface area contributed by atoms with Crippen LogP contribution in [0.2, 0.25) is 0 Å². The van der Waals surface area contributed by atoms with E-state index in [4.69, 9.17) is 5.26 Å². The number of allylic oxidation sites excluding steroid dienone is 5. The third-order valence-electron chi connectivity index (χ3n) is 0.947. The molecule has 0 saturated heterocycles. The van der Waals surface area contributed by atoms with Crippen LogP contribution in [-0.4, -0.2) is 0 Å². The molecule has 0 aliphatic rings. The van der Waals surface area contributed by atoms with Gasteiger partial charge in [-0.1, -0.05) is 32.1 Å². The maximum atomic E-state index is 8.19. The molecule has 2 nitrogen and oxygen atoms in total. The van der Waals surface area contributed by atoms with Gasteiger partial charge < -0.3 is 4.74 Å². The number of hydrogen-bond donors (Lipinski definition) is 0. The fourth-order valence-electron chi connectivity index (χ4n) is 0.532. The van der Waals surface area contributed by atoms with Crippen LogP contribution >= 0.6 is 0 Å². The lowest BCUT2D eigenvalue weighted by molar-refractivity contribution is 0.393. The lowest BCUT2D eigenvalue weighted by atomic mass is 10.4. The SMILES string of the molecule is CC.C\C=C/C=C(\C=C/C)OC#N. The molecule has 0 bridgehead atoms. The third-order valence-corrected chi connectivity index (χ3v) is 0.947. The Kier molecular flexibility index (Phi) is 14.2. The van der Waals surface area contributed by atoms with Gasteiger partial charge in [0.2, 0.25) is 0 Å². The van der Waals surface area contributed by atoms with E-state index in [-0.39, 0.29) is 0 Å². The molecule has 0 unspecified atom stereocenters. The molecule has 0 spiro atoms. The lowest BCUT2D eigenvalue weighted by Gasteiger charge is -1.91. The van der Waals surface area contributed by atoms with Crippen molar-refractivity contribution in [1.29, 1.82) is 5.26 Å².